The molecule has 0 aliphatic rings. The highest BCUT2D eigenvalue weighted by atomic mass is 14.6. The highest BCUT2D eigenvalue weighted by Gasteiger charge is 2.09. The second kappa shape index (κ2) is 8.85. The summed E-state index contributed by atoms with van der Waals surface area (Å²) in [5, 5.41) is 43.1. The maximum Gasteiger partial charge on any atom is 0.210 e. The Labute approximate surface area is 132 Å². The molecule has 0 spiro atoms. The van der Waals surface area contributed by atoms with Crippen LogP contribution in [0.1, 0.15) is 0 Å². The first-order valence-corrected chi connectivity index (χ1v) is 6.19. The lowest BCUT2D eigenvalue weighted by molar-refractivity contribution is -0.344. The zero-order chi connectivity index (χ0) is 17.1. The number of para-hydroxylation sites is 1. The topological polar surface area (TPSA) is 132 Å². The van der Waals surface area contributed by atoms with Crippen LogP contribution in [0, 0.1) is 45.3 Å². The van der Waals surface area contributed by atoms with E-state index in [1.54, 1.807) is 0 Å². The average Bonchev–Trinajstić information content (AvgIpc) is 2.62. The van der Waals surface area contributed by atoms with E-state index in [0.717, 1.165) is 0 Å². The zero-order valence-corrected chi connectivity index (χ0v) is 11.8. The molecule has 0 amide bonds. The molecule has 2 aromatic rings. The van der Waals surface area contributed by atoms with Gasteiger partial charge in [0.2, 0.25) is 5.52 Å². The largest absolute Gasteiger partial charge is 0.762 e. The summed E-state index contributed by atoms with van der Waals surface area (Å²) in [6.45, 7) is 0. The third-order valence-corrected chi connectivity index (χ3v) is 2.63. The number of allylic oxidation sites excluding steroid dienone is 3. The van der Waals surface area contributed by atoms with Crippen molar-refractivity contribution in [2.45, 2.75) is 0 Å². The summed E-state index contributed by atoms with van der Waals surface area (Å²) in [5.74, 6) is 1.42. The van der Waals surface area contributed by atoms with E-state index in [2.05, 4.69) is 23.2 Å². The van der Waals surface area contributed by atoms with Crippen molar-refractivity contribution in [3.05, 3.63) is 64.7 Å². The van der Waals surface area contributed by atoms with Gasteiger partial charge in [-0.3, -0.25) is 0 Å². The van der Waals surface area contributed by atoms with Crippen molar-refractivity contribution in [2.24, 2.45) is 0 Å². The van der Waals surface area contributed by atoms with E-state index in [9.17, 15) is 0 Å². The first-order chi connectivity index (χ1) is 11.2. The molecule has 23 heavy (non-hydrogen) atoms. The summed E-state index contributed by atoms with van der Waals surface area (Å²) in [6.07, 6.45) is 1.93. The van der Waals surface area contributed by atoms with Gasteiger partial charge in [-0.05, 0) is 12.1 Å². The normalized spacial score (nSPS) is 7.83. The van der Waals surface area contributed by atoms with Crippen LogP contribution in [-0.2, 0) is 0 Å². The lowest BCUT2D eigenvalue weighted by Crippen LogP contribution is -1.99. The number of hydrogen-bond donors (Lipinski definition) is 0. The summed E-state index contributed by atoms with van der Waals surface area (Å²) in [5.41, 5.74) is -0.346. The molecule has 0 saturated heterocycles. The molecule has 6 nitrogen and oxygen atoms in total. The van der Waals surface area contributed by atoms with Crippen LogP contribution in [0.25, 0.3) is 16.3 Å². The van der Waals surface area contributed by atoms with Crippen molar-refractivity contribution in [3.63, 3.8) is 0 Å². The van der Waals surface area contributed by atoms with E-state index in [-0.39, 0.29) is 0 Å². The molecule has 0 atom stereocenters. The number of pyridine rings is 1. The summed E-state index contributed by atoms with van der Waals surface area (Å²) in [7, 11) is 0. The minimum atomic E-state index is -0.527. The second-order valence-corrected chi connectivity index (χ2v) is 3.94. The molecule has 1 heterocycles. The third kappa shape index (κ3) is 4.38. The Morgan fingerprint density at radius 1 is 0.870 bits per heavy atom. The van der Waals surface area contributed by atoms with E-state index in [0.29, 0.717) is 0 Å². The highest BCUT2D eigenvalue weighted by molar-refractivity contribution is 5.77. The number of nitriles is 4. The summed E-state index contributed by atoms with van der Waals surface area (Å²) >= 11 is 0. The van der Waals surface area contributed by atoms with E-state index in [4.69, 9.17) is 26.5 Å². The second-order valence-electron chi connectivity index (χ2n) is 3.94. The number of H-pyrrole nitrogens is 1. The van der Waals surface area contributed by atoms with Crippen LogP contribution in [0.3, 0.4) is 0 Å². The number of nitrogens with zero attached hydrogens (tertiary/aromatic N) is 5. The van der Waals surface area contributed by atoms with Crippen LogP contribution in [-0.4, -0.2) is 5.87 Å². The molecule has 1 aromatic heterocycles. The Morgan fingerprint density at radius 3 is 2.04 bits per heavy atom. The van der Waals surface area contributed by atoms with Gasteiger partial charge in [0.25, 0.3) is 0 Å². The number of aromatic nitrogens is 1. The number of fused-ring (bicyclic) bond motifs is 1. The SMILES string of the molecule is N#CC(=C=[N-])C(C#N)=C(C#N)C#N.c1ccc2[nH+]cccc2c1. The Kier molecular flexibility index (Phi) is 6.48. The van der Waals surface area contributed by atoms with Gasteiger partial charge in [-0.15, -0.1) is 0 Å². The van der Waals surface area contributed by atoms with E-state index < -0.39 is 16.7 Å². The molecule has 0 unspecified atom stereocenters. The van der Waals surface area contributed by atoms with Gasteiger partial charge < -0.3 is 5.41 Å². The molecule has 6 heteroatoms. The average molecular weight is 296 g/mol. The predicted molar refractivity (Wildman–Crippen MR) is 81.9 cm³/mol. The fraction of sp³-hybridized carbons (Fsp3) is 0. The molecule has 0 bridgehead atoms. The van der Waals surface area contributed by atoms with E-state index in [1.165, 1.54) is 41.0 Å². The van der Waals surface area contributed by atoms with Gasteiger partial charge in [0, 0.05) is 17.5 Å². The fourth-order valence-corrected chi connectivity index (χ4v) is 1.57. The van der Waals surface area contributed by atoms with Gasteiger partial charge >= 0.3 is 0 Å². The summed E-state index contributed by atoms with van der Waals surface area (Å²) < 4.78 is 0. The van der Waals surface area contributed by atoms with Crippen molar-refractivity contribution >= 4 is 16.8 Å². The molecule has 0 saturated carbocycles. The smallest absolute Gasteiger partial charge is 0.210 e. The molecule has 1 N–H and O–H groups in total. The molecule has 0 radical (unpaired) electrons. The van der Waals surface area contributed by atoms with Gasteiger partial charge in [0.15, 0.2) is 6.20 Å². The van der Waals surface area contributed by atoms with Gasteiger partial charge in [-0.2, -0.15) is 21.0 Å². The van der Waals surface area contributed by atoms with Gasteiger partial charge in [0.1, 0.15) is 35.4 Å². The van der Waals surface area contributed by atoms with Crippen LogP contribution in [0.4, 0.5) is 0 Å². The standard InChI is InChI=1S/C9H7N.C8N5/c1-2-6-9-8(4-1)5-3-7-10-9;9-1-6(2-10)8(5-13)7(3-11)4-12/h1-7H;/q;-1/p+1. The molecule has 0 aliphatic heterocycles. The van der Waals surface area contributed by atoms with Crippen LogP contribution < -0.4 is 4.98 Å². The third-order valence-electron chi connectivity index (χ3n) is 2.63. The Morgan fingerprint density at radius 2 is 1.52 bits per heavy atom. The van der Waals surface area contributed by atoms with Crippen molar-refractivity contribution < 1.29 is 4.98 Å². The van der Waals surface area contributed by atoms with Crippen molar-refractivity contribution in [3.8, 4) is 24.3 Å². The van der Waals surface area contributed by atoms with Crippen molar-refractivity contribution in [2.75, 3.05) is 0 Å². The number of nitrogens with one attached hydrogen (secondary N) is 1. The molecular formula is C17H8N6. The zero-order valence-electron chi connectivity index (χ0n) is 11.8. The Balaban J connectivity index is 0.000000235. The van der Waals surface area contributed by atoms with E-state index >= 15 is 0 Å². The molecule has 0 aliphatic carbocycles. The van der Waals surface area contributed by atoms with E-state index in [1.807, 2.05) is 24.4 Å². The van der Waals surface area contributed by atoms with Gasteiger partial charge in [-0.1, -0.05) is 12.1 Å². The van der Waals surface area contributed by atoms with Gasteiger partial charge in [-0.25, -0.2) is 10.9 Å². The highest BCUT2D eigenvalue weighted by Crippen LogP contribution is 2.09. The quantitative estimate of drug-likeness (QED) is 0.453. The molecular weight excluding hydrogens is 288 g/mol. The first-order valence-electron chi connectivity index (χ1n) is 6.19. The Hall–Kier alpha value is -4.22. The number of rotatable bonds is 1. The number of benzene rings is 1. The lowest BCUT2D eigenvalue weighted by Gasteiger charge is -1.91. The molecule has 106 valence electrons. The predicted octanol–water partition coefficient (Wildman–Crippen LogP) is 2.20. The monoisotopic (exact) mass is 296 g/mol. The van der Waals surface area contributed by atoms with Crippen LogP contribution in [0.5, 0.6) is 0 Å². The van der Waals surface area contributed by atoms with Crippen LogP contribution in [0.15, 0.2) is 59.3 Å². The maximum atomic E-state index is 8.46. The molecule has 2 rings (SSSR count). The minimum absolute atomic E-state index is 0.477. The summed E-state index contributed by atoms with van der Waals surface area (Å²) in [6, 6.07) is 18.0. The number of aromatic amines is 1. The van der Waals surface area contributed by atoms with Crippen LogP contribution in [0.2, 0.25) is 0 Å². The van der Waals surface area contributed by atoms with Crippen molar-refractivity contribution in [1.82, 2.24) is 0 Å². The van der Waals surface area contributed by atoms with Gasteiger partial charge in [0.05, 0.1) is 5.57 Å². The lowest BCUT2D eigenvalue weighted by atomic mass is 10.1. The fourth-order valence-electron chi connectivity index (χ4n) is 1.57. The minimum Gasteiger partial charge on any atom is -0.762 e. The number of hydrogen-bond acceptors (Lipinski definition) is 4. The Bertz CT molecular complexity index is 886. The van der Waals surface area contributed by atoms with Crippen LogP contribution >= 0.6 is 0 Å². The molecule has 0 fully saturated rings. The first kappa shape index (κ1) is 16.8. The maximum absolute atomic E-state index is 8.46. The molecule has 1 aromatic carbocycles. The summed E-state index contributed by atoms with van der Waals surface area (Å²) in [4.78, 5) is 3.15. The van der Waals surface area contributed by atoms with Crippen molar-refractivity contribution in [1.29, 1.82) is 21.0 Å².